The topological polar surface area (TPSA) is 232 Å². The van der Waals surface area contributed by atoms with Gasteiger partial charge in [0.15, 0.2) is 35.3 Å². The van der Waals surface area contributed by atoms with E-state index in [4.69, 9.17) is 45.4 Å². The molecule has 3 aliphatic carbocycles. The van der Waals surface area contributed by atoms with Gasteiger partial charge in [0.1, 0.15) is 23.9 Å². The summed E-state index contributed by atoms with van der Waals surface area (Å²) in [5.41, 5.74) is -7.90. The average molecular weight is 873 g/mol. The molecular formula is C43H56N2O15S. The minimum atomic E-state index is -2.04. The lowest BCUT2D eigenvalue weighted by Crippen LogP contribution is -2.83. The fourth-order valence-electron chi connectivity index (χ4n) is 10.3. The number of ketones is 1. The van der Waals surface area contributed by atoms with Gasteiger partial charge in [0.05, 0.1) is 35.6 Å². The van der Waals surface area contributed by atoms with Crippen molar-refractivity contribution in [2.24, 2.45) is 22.7 Å². The number of aliphatic hydroxyl groups is 2. The highest BCUT2D eigenvalue weighted by atomic mass is 32.1. The SMILES string of the molecule is CC(=O)O[C@H]1C(=O)[C@@]2(C)[C@H]([C@H](OC(=O)c3ccccc3)[C@]34OC(=S)N[C@H]3[C@H](OC(=O)[C@H](O)[C@@H](NC(=O)OC(C)(C)C)C(C)C)C(C)=C1C4(C)C)[C@]1(OC(C)=O)CO[C@@H]1C[C@@H]2O. The van der Waals surface area contributed by atoms with Gasteiger partial charge < -0.3 is 54.0 Å². The molecule has 1 aromatic carbocycles. The summed E-state index contributed by atoms with van der Waals surface area (Å²) in [5.74, 6) is -6.59. The largest absolute Gasteiger partial charge is 0.457 e. The van der Waals surface area contributed by atoms with E-state index in [0.717, 1.165) is 6.92 Å². The molecule has 4 N–H and O–H groups in total. The number of alkyl carbamates (subject to hydrolysis) is 1. The number of hydrogen-bond acceptors (Lipinski definition) is 16. The summed E-state index contributed by atoms with van der Waals surface area (Å²) in [6.45, 7) is 16.6. The number of hydrogen-bond donors (Lipinski definition) is 4. The molecule has 6 rings (SSSR count). The standard InChI is InChI=1S/C43H56N2O15S/c1-19(2)27(44-37(53)59-39(6,7)8)28(49)36(52)56-29-20(3)26-30(55-21(4)46)33(50)41(11)24(48)17-25-42(18-54-25,58-22(5)47)31(41)34(57-35(51)23-15-13-12-14-16-23)43(40(26,9)10)32(29)45-38(61)60-43/h12-16,19,24-25,27-32,34,48-49H,17-18H2,1-11H3,(H,44,53)(H,45,61)/t24-,25+,27-,28+,29+,30+,31-,32-,34-,41+,42-,43+/m0/s1. The van der Waals surface area contributed by atoms with Crippen LogP contribution in [0.3, 0.4) is 0 Å². The maximum Gasteiger partial charge on any atom is 0.407 e. The van der Waals surface area contributed by atoms with E-state index in [1.807, 2.05) is 0 Å². The molecule has 2 bridgehead atoms. The zero-order chi connectivity index (χ0) is 45.4. The Labute approximate surface area is 359 Å². The van der Waals surface area contributed by atoms with Crippen molar-refractivity contribution in [2.45, 2.75) is 148 Å². The van der Waals surface area contributed by atoms with Crippen LogP contribution in [0.2, 0.25) is 0 Å². The van der Waals surface area contributed by atoms with Crippen molar-refractivity contribution in [1.82, 2.24) is 10.6 Å². The second-order valence-corrected chi connectivity index (χ2v) is 19.0. The highest BCUT2D eigenvalue weighted by Crippen LogP contribution is 2.66. The van der Waals surface area contributed by atoms with Gasteiger partial charge in [0.25, 0.3) is 5.17 Å². The van der Waals surface area contributed by atoms with Gasteiger partial charge in [0, 0.05) is 25.7 Å². The Morgan fingerprint density at radius 1 is 1.00 bits per heavy atom. The quantitative estimate of drug-likeness (QED) is 0.121. The monoisotopic (exact) mass is 872 g/mol. The second kappa shape index (κ2) is 15.9. The highest BCUT2D eigenvalue weighted by molar-refractivity contribution is 7.80. The van der Waals surface area contributed by atoms with E-state index in [1.54, 1.807) is 73.6 Å². The van der Waals surface area contributed by atoms with Crippen molar-refractivity contribution in [3.8, 4) is 0 Å². The molecule has 61 heavy (non-hydrogen) atoms. The molecule has 12 atom stereocenters. The molecule has 2 aliphatic heterocycles. The molecule has 2 heterocycles. The van der Waals surface area contributed by atoms with E-state index in [1.165, 1.54) is 26.0 Å². The van der Waals surface area contributed by atoms with Gasteiger partial charge in [-0.15, -0.1) is 0 Å². The van der Waals surface area contributed by atoms with Crippen LogP contribution in [0.1, 0.15) is 92.9 Å². The van der Waals surface area contributed by atoms with E-state index < -0.39 is 124 Å². The van der Waals surface area contributed by atoms with Crippen LogP contribution in [0.4, 0.5) is 4.79 Å². The number of amides is 1. The Kier molecular flexibility index (Phi) is 12.0. The lowest BCUT2D eigenvalue weighted by Gasteiger charge is -2.67. The number of thiocarbonyl (C=S) groups is 1. The van der Waals surface area contributed by atoms with Crippen molar-refractivity contribution in [3.05, 3.63) is 47.0 Å². The number of aliphatic hydroxyl groups excluding tert-OH is 2. The van der Waals surface area contributed by atoms with Crippen molar-refractivity contribution in [1.29, 1.82) is 0 Å². The second-order valence-electron chi connectivity index (χ2n) is 18.7. The van der Waals surface area contributed by atoms with Crippen molar-refractivity contribution in [3.63, 3.8) is 0 Å². The number of esters is 4. The minimum Gasteiger partial charge on any atom is -0.457 e. The van der Waals surface area contributed by atoms with Gasteiger partial charge in [-0.1, -0.05) is 45.9 Å². The van der Waals surface area contributed by atoms with Crippen LogP contribution in [-0.4, -0.2) is 123 Å². The van der Waals surface area contributed by atoms with E-state index in [0.29, 0.717) is 0 Å². The van der Waals surface area contributed by atoms with Crippen molar-refractivity contribution in [2.75, 3.05) is 6.61 Å². The molecule has 18 heteroatoms. The zero-order valence-electron chi connectivity index (χ0n) is 36.2. The lowest BCUT2D eigenvalue weighted by atomic mass is 9.44. The van der Waals surface area contributed by atoms with E-state index >= 15 is 4.79 Å². The first kappa shape index (κ1) is 45.9. The van der Waals surface area contributed by atoms with Crippen LogP contribution in [-0.2, 0) is 52.3 Å². The van der Waals surface area contributed by atoms with Gasteiger partial charge in [0.2, 0.25) is 0 Å². The molecule has 2 saturated carbocycles. The summed E-state index contributed by atoms with van der Waals surface area (Å²) >= 11 is 5.73. The Balaban J connectivity index is 1.62. The van der Waals surface area contributed by atoms with Gasteiger partial charge in [-0.25, -0.2) is 14.4 Å². The summed E-state index contributed by atoms with van der Waals surface area (Å²) in [5, 5.41) is 29.2. The third kappa shape index (κ3) is 7.46. The Morgan fingerprint density at radius 2 is 1.64 bits per heavy atom. The molecule has 1 aromatic rings. The third-order valence-electron chi connectivity index (χ3n) is 13.0. The number of ether oxygens (including phenoxy) is 7. The number of nitrogens with one attached hydrogen (secondary N) is 2. The van der Waals surface area contributed by atoms with Gasteiger partial charge in [-0.05, 0) is 76.0 Å². The third-order valence-corrected chi connectivity index (χ3v) is 13.2. The summed E-state index contributed by atoms with van der Waals surface area (Å²) in [6, 6.07) is 5.43. The van der Waals surface area contributed by atoms with Crippen LogP contribution in [0.15, 0.2) is 41.5 Å². The Bertz CT molecular complexity index is 2030. The normalized spacial score (nSPS) is 34.6. The predicted octanol–water partition coefficient (Wildman–Crippen LogP) is 3.00. The molecule has 0 aromatic heterocycles. The highest BCUT2D eigenvalue weighted by Gasteiger charge is 2.82. The minimum absolute atomic E-state index is 0.0798. The maximum atomic E-state index is 15.6. The maximum absolute atomic E-state index is 15.6. The van der Waals surface area contributed by atoms with Crippen LogP contribution in [0, 0.1) is 22.7 Å². The fraction of sp³-hybridized carbons (Fsp3) is 0.651. The number of carbonyl (C=O) groups excluding carboxylic acids is 6. The molecule has 1 spiro atoms. The molecule has 5 aliphatic rings. The lowest BCUT2D eigenvalue weighted by molar-refractivity contribution is -0.344. The first-order valence-electron chi connectivity index (χ1n) is 20.3. The summed E-state index contributed by atoms with van der Waals surface area (Å²) < 4.78 is 43.1. The van der Waals surface area contributed by atoms with Crippen molar-refractivity contribution >= 4 is 53.1 Å². The van der Waals surface area contributed by atoms with Crippen molar-refractivity contribution < 1.29 is 72.1 Å². The number of carbonyl (C=O) groups is 6. The smallest absolute Gasteiger partial charge is 0.407 e. The first-order valence-corrected chi connectivity index (χ1v) is 20.7. The van der Waals surface area contributed by atoms with Crippen LogP contribution in [0.5, 0.6) is 0 Å². The number of Topliss-reactive ketones (excluding diaryl/α,β-unsaturated/α-hetero) is 1. The molecule has 334 valence electrons. The van der Waals surface area contributed by atoms with E-state index in [9.17, 15) is 34.2 Å². The molecule has 0 radical (unpaired) electrons. The average Bonchev–Trinajstić information content (AvgIpc) is 3.51. The fourth-order valence-corrected chi connectivity index (χ4v) is 10.6. The molecule has 0 unspecified atom stereocenters. The molecule has 2 saturated heterocycles. The number of benzene rings is 1. The summed E-state index contributed by atoms with van der Waals surface area (Å²) in [7, 11) is 0. The number of rotatable bonds is 9. The van der Waals surface area contributed by atoms with Crippen LogP contribution < -0.4 is 10.6 Å². The molecular weight excluding hydrogens is 817 g/mol. The van der Waals surface area contributed by atoms with Gasteiger partial charge in [-0.2, -0.15) is 0 Å². The van der Waals surface area contributed by atoms with E-state index in [2.05, 4.69) is 10.6 Å². The van der Waals surface area contributed by atoms with E-state index in [-0.39, 0.29) is 34.9 Å². The Hall–Kier alpha value is -4.65. The molecule has 1 amide bonds. The summed E-state index contributed by atoms with van der Waals surface area (Å²) in [4.78, 5) is 83.5. The first-order chi connectivity index (χ1) is 28.2. The van der Waals surface area contributed by atoms with Gasteiger partial charge >= 0.3 is 30.0 Å². The zero-order valence-corrected chi connectivity index (χ0v) is 37.0. The molecule has 17 nitrogen and oxygen atoms in total. The van der Waals surface area contributed by atoms with Crippen LogP contribution >= 0.6 is 12.2 Å². The molecule has 4 fully saturated rings. The van der Waals surface area contributed by atoms with Gasteiger partial charge in [-0.3, -0.25) is 14.4 Å². The number of fused-ring (bicyclic) bond motifs is 4. The van der Waals surface area contributed by atoms with Crippen LogP contribution in [0.25, 0.3) is 0 Å². The summed E-state index contributed by atoms with van der Waals surface area (Å²) in [6.07, 6.45) is -10.6. The Morgan fingerprint density at radius 3 is 2.18 bits per heavy atom. The predicted molar refractivity (Wildman–Crippen MR) is 216 cm³/mol.